The molecule has 0 aliphatic heterocycles. The Kier molecular flexibility index (Phi) is 8.00. The van der Waals surface area contributed by atoms with Gasteiger partial charge in [0.15, 0.2) is 5.11 Å². The predicted octanol–water partition coefficient (Wildman–Crippen LogP) is 6.70. The molecule has 8 heteroatoms. The zero-order chi connectivity index (χ0) is 23.9. The number of thiocarbonyl (C=S) groups is 1. The zero-order valence-corrected chi connectivity index (χ0v) is 20.9. The summed E-state index contributed by atoms with van der Waals surface area (Å²) in [4.78, 5) is 13.2. The summed E-state index contributed by atoms with van der Waals surface area (Å²) in [5.74, 6) is 1.07. The molecule has 4 rings (SSSR count). The molecule has 0 radical (unpaired) electrons. The van der Waals surface area contributed by atoms with Crippen molar-refractivity contribution in [2.24, 2.45) is 0 Å². The van der Waals surface area contributed by atoms with E-state index in [1.54, 1.807) is 7.11 Å². The first kappa shape index (κ1) is 24.0. The first-order chi connectivity index (χ1) is 16.5. The number of fused-ring (bicyclic) bond motifs is 1. The summed E-state index contributed by atoms with van der Waals surface area (Å²) in [7, 11) is 1.60. The molecular weight excluding hydrogens is 488 g/mol. The van der Waals surface area contributed by atoms with Gasteiger partial charge in [-0.25, -0.2) is 0 Å². The van der Waals surface area contributed by atoms with Crippen LogP contribution in [0.4, 0.5) is 5.69 Å². The number of amides is 1. The Morgan fingerprint density at radius 3 is 2.65 bits per heavy atom. The molecule has 0 fully saturated rings. The molecular formula is C26H23ClN2O3S2. The summed E-state index contributed by atoms with van der Waals surface area (Å²) in [6.07, 6.45) is 1.87. The average Bonchev–Trinajstić information content (AvgIpc) is 3.18. The molecule has 2 N–H and O–H groups in total. The van der Waals surface area contributed by atoms with Crippen molar-refractivity contribution >= 4 is 61.9 Å². The monoisotopic (exact) mass is 510 g/mol. The minimum absolute atomic E-state index is 0.178. The van der Waals surface area contributed by atoms with Gasteiger partial charge in [-0.2, -0.15) is 0 Å². The van der Waals surface area contributed by atoms with Gasteiger partial charge in [-0.15, -0.1) is 11.3 Å². The molecule has 0 saturated carbocycles. The lowest BCUT2D eigenvalue weighted by Gasteiger charge is -2.11. The van der Waals surface area contributed by atoms with Crippen LogP contribution in [-0.2, 0) is 6.42 Å². The van der Waals surface area contributed by atoms with Gasteiger partial charge < -0.3 is 14.8 Å². The van der Waals surface area contributed by atoms with Crippen LogP contribution in [0.25, 0.3) is 10.1 Å². The largest absolute Gasteiger partial charge is 0.497 e. The number of carbonyl (C=O) groups excluding carboxylic acids is 1. The molecule has 0 spiro atoms. The molecule has 0 saturated heterocycles. The van der Waals surface area contributed by atoms with Crippen LogP contribution in [0.2, 0.25) is 5.02 Å². The first-order valence-electron chi connectivity index (χ1n) is 10.7. The summed E-state index contributed by atoms with van der Waals surface area (Å²) >= 11 is 13.1. The molecule has 5 nitrogen and oxygen atoms in total. The Morgan fingerprint density at radius 1 is 1.03 bits per heavy atom. The van der Waals surface area contributed by atoms with Crippen LogP contribution in [0.5, 0.6) is 11.5 Å². The van der Waals surface area contributed by atoms with Crippen LogP contribution in [-0.4, -0.2) is 24.7 Å². The normalized spacial score (nSPS) is 10.6. The van der Waals surface area contributed by atoms with E-state index in [-0.39, 0.29) is 11.0 Å². The smallest absolute Gasteiger partial charge is 0.269 e. The molecule has 1 amide bonds. The van der Waals surface area contributed by atoms with Gasteiger partial charge in [0, 0.05) is 21.8 Å². The Bertz CT molecular complexity index is 1310. The van der Waals surface area contributed by atoms with Gasteiger partial charge in [0.05, 0.1) is 18.7 Å². The van der Waals surface area contributed by atoms with Crippen LogP contribution in [0.1, 0.15) is 21.7 Å². The summed E-state index contributed by atoms with van der Waals surface area (Å²) < 4.78 is 12.0. The number of benzene rings is 3. The summed E-state index contributed by atoms with van der Waals surface area (Å²) in [6, 6.07) is 23.3. The van der Waals surface area contributed by atoms with Gasteiger partial charge in [0.1, 0.15) is 16.4 Å². The lowest BCUT2D eigenvalue weighted by molar-refractivity contribution is 0.0982. The number of hydrogen-bond donors (Lipinski definition) is 2. The number of nitrogens with one attached hydrogen (secondary N) is 2. The van der Waals surface area contributed by atoms with Crippen LogP contribution in [0.3, 0.4) is 0 Å². The highest BCUT2D eigenvalue weighted by Gasteiger charge is 2.18. The highest BCUT2D eigenvalue weighted by atomic mass is 35.5. The standard InChI is InChI=1S/C26H23ClN2O3S2/c1-31-19-12-13-21-22(16-19)34-24(23(21)27)25(30)29-26(33)28-18-10-5-11-20(15-18)32-14-6-9-17-7-3-2-4-8-17/h2-5,7-8,10-13,15-16H,6,9,14H2,1H3,(H2,28,29,30,33). The highest BCUT2D eigenvalue weighted by Crippen LogP contribution is 2.37. The SMILES string of the molecule is COc1ccc2c(Cl)c(C(=O)NC(=S)Nc3cccc(OCCCc4ccccc4)c3)sc2c1. The number of thiophene rings is 1. The van der Waals surface area contributed by atoms with E-state index in [2.05, 4.69) is 22.8 Å². The molecule has 0 aliphatic carbocycles. The summed E-state index contributed by atoms with van der Waals surface area (Å²) in [6.45, 7) is 0.606. The molecule has 1 heterocycles. The average molecular weight is 511 g/mol. The van der Waals surface area contributed by atoms with Crippen LogP contribution < -0.4 is 20.1 Å². The lowest BCUT2D eigenvalue weighted by atomic mass is 10.1. The van der Waals surface area contributed by atoms with E-state index >= 15 is 0 Å². The molecule has 174 valence electrons. The Balaban J connectivity index is 1.32. The molecule has 0 aliphatic rings. The molecule has 0 bridgehead atoms. The quantitative estimate of drug-likeness (QED) is 0.204. The van der Waals surface area contributed by atoms with E-state index in [0.717, 1.165) is 34.4 Å². The van der Waals surface area contributed by atoms with E-state index in [4.69, 9.17) is 33.3 Å². The number of aryl methyl sites for hydroxylation is 1. The van der Waals surface area contributed by atoms with Crippen molar-refractivity contribution in [1.29, 1.82) is 0 Å². The first-order valence-corrected chi connectivity index (χ1v) is 12.3. The number of rotatable bonds is 8. The van der Waals surface area contributed by atoms with Crippen LogP contribution >= 0.6 is 35.2 Å². The van der Waals surface area contributed by atoms with E-state index in [9.17, 15) is 4.79 Å². The molecule has 34 heavy (non-hydrogen) atoms. The molecule has 1 aromatic heterocycles. The second kappa shape index (κ2) is 11.3. The number of anilines is 1. The Labute approximate surface area is 212 Å². The fourth-order valence-electron chi connectivity index (χ4n) is 3.42. The van der Waals surface area contributed by atoms with Gasteiger partial charge in [0.2, 0.25) is 0 Å². The number of methoxy groups -OCH3 is 1. The van der Waals surface area contributed by atoms with Crippen molar-refractivity contribution in [3.8, 4) is 11.5 Å². The van der Waals surface area contributed by atoms with Gasteiger partial charge in [0.25, 0.3) is 5.91 Å². The van der Waals surface area contributed by atoms with Crippen molar-refractivity contribution in [3.63, 3.8) is 0 Å². The second-order valence-corrected chi connectivity index (χ2v) is 9.32. The van der Waals surface area contributed by atoms with Gasteiger partial charge in [-0.3, -0.25) is 10.1 Å². The van der Waals surface area contributed by atoms with Crippen molar-refractivity contribution < 1.29 is 14.3 Å². The predicted molar refractivity (Wildman–Crippen MR) is 144 cm³/mol. The fourth-order valence-corrected chi connectivity index (χ4v) is 5.07. The van der Waals surface area contributed by atoms with Gasteiger partial charge >= 0.3 is 0 Å². The third-order valence-corrected chi connectivity index (χ3v) is 6.94. The van der Waals surface area contributed by atoms with Crippen LogP contribution in [0.15, 0.2) is 72.8 Å². The molecule has 0 unspecified atom stereocenters. The van der Waals surface area contributed by atoms with Gasteiger partial charge in [-0.1, -0.05) is 48.0 Å². The molecule has 0 atom stereocenters. The lowest BCUT2D eigenvalue weighted by Crippen LogP contribution is -2.33. The minimum Gasteiger partial charge on any atom is -0.497 e. The third kappa shape index (κ3) is 6.05. The molecule has 4 aromatic rings. The van der Waals surface area contributed by atoms with Crippen molar-refractivity contribution in [3.05, 3.63) is 88.3 Å². The van der Waals surface area contributed by atoms with Gasteiger partial charge in [-0.05, 0) is 61.0 Å². The second-order valence-electron chi connectivity index (χ2n) is 7.48. The van der Waals surface area contributed by atoms with Crippen molar-refractivity contribution in [2.45, 2.75) is 12.8 Å². The van der Waals surface area contributed by atoms with Crippen molar-refractivity contribution in [1.82, 2.24) is 5.32 Å². The number of ether oxygens (including phenoxy) is 2. The maximum Gasteiger partial charge on any atom is 0.269 e. The number of carbonyl (C=O) groups is 1. The third-order valence-electron chi connectivity index (χ3n) is 5.08. The zero-order valence-electron chi connectivity index (χ0n) is 18.5. The number of halogens is 1. The Morgan fingerprint density at radius 2 is 1.85 bits per heavy atom. The number of hydrogen-bond acceptors (Lipinski definition) is 5. The topological polar surface area (TPSA) is 59.6 Å². The summed E-state index contributed by atoms with van der Waals surface area (Å²) in [5.41, 5.74) is 2.01. The fraction of sp³-hybridized carbons (Fsp3) is 0.154. The van der Waals surface area contributed by atoms with E-state index in [0.29, 0.717) is 22.3 Å². The van der Waals surface area contributed by atoms with E-state index < -0.39 is 0 Å². The van der Waals surface area contributed by atoms with Crippen LogP contribution in [0, 0.1) is 0 Å². The minimum atomic E-state index is -0.365. The molecule has 3 aromatic carbocycles. The maximum atomic E-state index is 12.8. The van der Waals surface area contributed by atoms with E-state index in [1.165, 1.54) is 16.9 Å². The Hall–Kier alpha value is -3.13. The maximum absolute atomic E-state index is 12.8. The highest BCUT2D eigenvalue weighted by molar-refractivity contribution is 7.80. The van der Waals surface area contributed by atoms with Crippen molar-refractivity contribution in [2.75, 3.05) is 19.0 Å². The summed E-state index contributed by atoms with van der Waals surface area (Å²) in [5, 5.41) is 7.11. The van der Waals surface area contributed by atoms with E-state index in [1.807, 2.05) is 60.7 Å².